The molecule has 4 nitrogen and oxygen atoms in total. The SMILES string of the molecule is CC.COC1=CC(n2ccc(C3=CCC=C(C(=O)O)C=C3)c2)=CC=CC1. The molecule has 3 rings (SSSR count). The van der Waals surface area contributed by atoms with Crippen molar-refractivity contribution in [2.75, 3.05) is 7.11 Å². The molecular formula is C22H25NO3. The zero-order chi connectivity index (χ0) is 18.9. The van der Waals surface area contributed by atoms with E-state index in [4.69, 9.17) is 9.84 Å². The van der Waals surface area contributed by atoms with Gasteiger partial charge in [0.1, 0.15) is 5.76 Å². The standard InChI is InChI=1S/C20H19NO3.C2H6/c1-24-19-8-3-2-7-18(13-19)21-12-11-17(14-21)15-5-4-6-16(10-9-15)20(22)23;1-2/h2-3,5-7,9-14H,4,8H2,1H3,(H,22,23);1-2H3. The van der Waals surface area contributed by atoms with Gasteiger partial charge in [-0.05, 0) is 35.8 Å². The Morgan fingerprint density at radius 2 is 2.04 bits per heavy atom. The predicted molar refractivity (Wildman–Crippen MR) is 106 cm³/mol. The van der Waals surface area contributed by atoms with Crippen molar-refractivity contribution in [2.24, 2.45) is 0 Å². The lowest BCUT2D eigenvalue weighted by Gasteiger charge is -2.06. The number of aromatic nitrogens is 1. The second-order valence-electron chi connectivity index (χ2n) is 5.54. The van der Waals surface area contributed by atoms with Gasteiger partial charge in [0.2, 0.25) is 0 Å². The molecule has 136 valence electrons. The van der Waals surface area contributed by atoms with E-state index in [1.807, 2.05) is 67.3 Å². The van der Waals surface area contributed by atoms with E-state index in [2.05, 4.69) is 6.08 Å². The van der Waals surface area contributed by atoms with Gasteiger partial charge in [-0.25, -0.2) is 4.79 Å². The number of hydrogen-bond acceptors (Lipinski definition) is 2. The first kappa shape index (κ1) is 19.3. The van der Waals surface area contributed by atoms with Gasteiger partial charge in [-0.1, -0.05) is 44.2 Å². The third-order valence-corrected chi connectivity index (χ3v) is 3.98. The molecule has 1 heterocycles. The fourth-order valence-corrected chi connectivity index (χ4v) is 2.65. The van der Waals surface area contributed by atoms with Crippen LogP contribution in [0.25, 0.3) is 11.3 Å². The lowest BCUT2D eigenvalue weighted by Crippen LogP contribution is -1.96. The Balaban J connectivity index is 0.00000117. The molecule has 0 aliphatic heterocycles. The topological polar surface area (TPSA) is 51.5 Å². The molecular weight excluding hydrogens is 326 g/mol. The first-order valence-electron chi connectivity index (χ1n) is 8.79. The number of methoxy groups -OCH3 is 1. The highest BCUT2D eigenvalue weighted by atomic mass is 16.5. The van der Waals surface area contributed by atoms with Gasteiger partial charge in [-0.2, -0.15) is 0 Å². The average Bonchev–Trinajstić information content (AvgIpc) is 2.88. The van der Waals surface area contributed by atoms with Gasteiger partial charge in [0.25, 0.3) is 0 Å². The van der Waals surface area contributed by atoms with Gasteiger partial charge in [0.05, 0.1) is 12.7 Å². The number of carbonyl (C=O) groups is 1. The zero-order valence-corrected chi connectivity index (χ0v) is 15.5. The van der Waals surface area contributed by atoms with Crippen molar-refractivity contribution in [1.82, 2.24) is 4.57 Å². The van der Waals surface area contributed by atoms with E-state index < -0.39 is 5.97 Å². The fraction of sp³-hybridized carbons (Fsp3) is 0.227. The Bertz CT molecular complexity index is 829. The van der Waals surface area contributed by atoms with Crippen LogP contribution in [0.3, 0.4) is 0 Å². The van der Waals surface area contributed by atoms with Gasteiger partial charge in [-0.3, -0.25) is 0 Å². The van der Waals surface area contributed by atoms with Gasteiger partial charge in [0.15, 0.2) is 0 Å². The summed E-state index contributed by atoms with van der Waals surface area (Å²) >= 11 is 0. The van der Waals surface area contributed by atoms with Gasteiger partial charge < -0.3 is 14.4 Å². The molecule has 1 N–H and O–H groups in total. The molecule has 1 aromatic rings. The van der Waals surface area contributed by atoms with Crippen molar-refractivity contribution in [1.29, 1.82) is 0 Å². The first-order chi connectivity index (χ1) is 12.7. The summed E-state index contributed by atoms with van der Waals surface area (Å²) in [5, 5.41) is 9.09. The Morgan fingerprint density at radius 1 is 1.23 bits per heavy atom. The highest BCUT2D eigenvalue weighted by Gasteiger charge is 2.09. The van der Waals surface area contributed by atoms with Crippen LogP contribution >= 0.6 is 0 Å². The number of aliphatic carboxylic acids is 1. The van der Waals surface area contributed by atoms with Crippen molar-refractivity contribution < 1.29 is 14.6 Å². The Labute approximate surface area is 154 Å². The molecule has 0 saturated heterocycles. The van der Waals surface area contributed by atoms with Crippen molar-refractivity contribution in [2.45, 2.75) is 26.7 Å². The van der Waals surface area contributed by atoms with Gasteiger partial charge >= 0.3 is 5.97 Å². The van der Waals surface area contributed by atoms with E-state index in [0.717, 1.165) is 29.0 Å². The van der Waals surface area contributed by atoms with E-state index in [9.17, 15) is 4.79 Å². The van der Waals surface area contributed by atoms with Crippen LogP contribution in [0.5, 0.6) is 0 Å². The number of nitrogens with zero attached hydrogens (tertiary/aromatic N) is 1. The molecule has 0 saturated carbocycles. The molecule has 26 heavy (non-hydrogen) atoms. The van der Waals surface area contributed by atoms with E-state index in [1.165, 1.54) is 0 Å². The van der Waals surface area contributed by atoms with Crippen LogP contribution in [0.1, 0.15) is 32.3 Å². The quantitative estimate of drug-likeness (QED) is 0.811. The maximum Gasteiger partial charge on any atom is 0.335 e. The Morgan fingerprint density at radius 3 is 2.77 bits per heavy atom. The molecule has 0 radical (unpaired) electrons. The molecule has 0 spiro atoms. The van der Waals surface area contributed by atoms with Crippen LogP contribution in [-0.2, 0) is 9.53 Å². The highest BCUT2D eigenvalue weighted by molar-refractivity contribution is 5.91. The first-order valence-corrected chi connectivity index (χ1v) is 8.79. The Kier molecular flexibility index (Phi) is 7.03. The van der Waals surface area contributed by atoms with Crippen LogP contribution in [0.2, 0.25) is 0 Å². The maximum absolute atomic E-state index is 11.1. The van der Waals surface area contributed by atoms with Crippen molar-refractivity contribution in [3.63, 3.8) is 0 Å². The number of carboxylic acid groups (broad SMARTS) is 1. The number of hydrogen-bond donors (Lipinski definition) is 1. The van der Waals surface area contributed by atoms with Crippen molar-refractivity contribution in [3.8, 4) is 0 Å². The third-order valence-electron chi connectivity index (χ3n) is 3.98. The average molecular weight is 351 g/mol. The molecule has 0 amide bonds. The molecule has 2 aliphatic carbocycles. The van der Waals surface area contributed by atoms with Crippen LogP contribution in [0.4, 0.5) is 0 Å². The smallest absolute Gasteiger partial charge is 0.335 e. The molecule has 0 aromatic carbocycles. The van der Waals surface area contributed by atoms with Crippen LogP contribution in [0.15, 0.2) is 78.4 Å². The largest absolute Gasteiger partial charge is 0.501 e. The molecule has 1 aromatic heterocycles. The summed E-state index contributed by atoms with van der Waals surface area (Å²) in [5.41, 5.74) is 3.41. The minimum Gasteiger partial charge on any atom is -0.501 e. The maximum atomic E-state index is 11.1. The Hall–Kier alpha value is -3.01. The third kappa shape index (κ3) is 4.76. The minimum absolute atomic E-state index is 0.324. The summed E-state index contributed by atoms with van der Waals surface area (Å²) in [7, 11) is 1.68. The summed E-state index contributed by atoms with van der Waals surface area (Å²) in [5.74, 6) is 0.0141. The molecule has 0 bridgehead atoms. The van der Waals surface area contributed by atoms with Crippen LogP contribution in [-0.4, -0.2) is 22.8 Å². The lowest BCUT2D eigenvalue weighted by atomic mass is 10.1. The summed E-state index contributed by atoms with van der Waals surface area (Å²) in [6, 6.07) is 2.03. The minimum atomic E-state index is -0.897. The number of rotatable bonds is 4. The molecule has 0 atom stereocenters. The normalized spacial score (nSPS) is 16.1. The number of ether oxygens (including phenoxy) is 1. The number of carboxylic acids is 1. The summed E-state index contributed by atoms with van der Waals surface area (Å²) in [6.45, 7) is 4.00. The van der Waals surface area contributed by atoms with E-state index >= 15 is 0 Å². The van der Waals surface area contributed by atoms with Gasteiger partial charge in [0, 0.05) is 30.6 Å². The zero-order valence-electron chi connectivity index (χ0n) is 15.5. The summed E-state index contributed by atoms with van der Waals surface area (Å²) in [6.07, 6.45) is 20.8. The van der Waals surface area contributed by atoms with E-state index in [1.54, 1.807) is 19.3 Å². The lowest BCUT2D eigenvalue weighted by molar-refractivity contribution is -0.132. The molecule has 0 fully saturated rings. The van der Waals surface area contributed by atoms with Gasteiger partial charge in [-0.15, -0.1) is 0 Å². The molecule has 0 unspecified atom stereocenters. The fourth-order valence-electron chi connectivity index (χ4n) is 2.65. The van der Waals surface area contributed by atoms with E-state index in [-0.39, 0.29) is 0 Å². The van der Waals surface area contributed by atoms with Crippen LogP contribution in [0, 0.1) is 0 Å². The number of allylic oxidation sites excluding steroid dienone is 9. The summed E-state index contributed by atoms with van der Waals surface area (Å²) < 4.78 is 7.40. The summed E-state index contributed by atoms with van der Waals surface area (Å²) in [4.78, 5) is 11.1. The highest BCUT2D eigenvalue weighted by Crippen LogP contribution is 2.24. The predicted octanol–water partition coefficient (Wildman–Crippen LogP) is 5.20. The second kappa shape index (κ2) is 9.47. The van der Waals surface area contributed by atoms with E-state index in [0.29, 0.717) is 12.0 Å². The van der Waals surface area contributed by atoms with Crippen LogP contribution < -0.4 is 0 Å². The molecule has 4 heteroatoms. The van der Waals surface area contributed by atoms with Crippen molar-refractivity contribution >= 4 is 17.2 Å². The van der Waals surface area contributed by atoms with Crippen molar-refractivity contribution in [3.05, 3.63) is 84.0 Å². The molecule has 2 aliphatic rings. The second-order valence-corrected chi connectivity index (χ2v) is 5.54. The monoisotopic (exact) mass is 351 g/mol.